The van der Waals surface area contributed by atoms with E-state index in [-0.39, 0.29) is 36.0 Å². The van der Waals surface area contributed by atoms with Crippen molar-refractivity contribution in [2.24, 2.45) is 0 Å². The molecule has 0 fully saturated rings. The smallest absolute Gasteiger partial charge is 0.746 e. The Labute approximate surface area is 185 Å². The van der Waals surface area contributed by atoms with Crippen molar-refractivity contribution in [3.63, 3.8) is 0 Å². The summed E-state index contributed by atoms with van der Waals surface area (Å²) in [7, 11) is -4.62. The number of anilines is 2. The second kappa shape index (κ2) is 8.18. The topological polar surface area (TPSA) is 95.5 Å². The molecule has 138 valence electrons. The van der Waals surface area contributed by atoms with Crippen molar-refractivity contribution in [2.75, 3.05) is 4.90 Å². The summed E-state index contributed by atoms with van der Waals surface area (Å²) < 4.78 is 42.2. The molecule has 4 rings (SSSR count). The molecule has 1 aliphatic rings. The summed E-state index contributed by atoms with van der Waals surface area (Å²) in [5.41, 5.74) is 1.57. The van der Waals surface area contributed by atoms with E-state index >= 15 is 0 Å². The van der Waals surface area contributed by atoms with E-state index in [0.29, 0.717) is 34.3 Å². The summed E-state index contributed by atoms with van der Waals surface area (Å²) in [6.07, 6.45) is 3.32. The number of hydrogen-bond donors (Lipinski definition) is 0. The average Bonchev–Trinajstić information content (AvgIpc) is 2.67. The molecule has 2 aromatic carbocycles. The van der Waals surface area contributed by atoms with E-state index in [4.69, 9.17) is 4.74 Å². The van der Waals surface area contributed by atoms with Gasteiger partial charge in [0.1, 0.15) is 15.5 Å². The number of rotatable bonds is 4. The molecule has 1 aromatic heterocycles. The molecule has 0 N–H and O–H groups in total. The van der Waals surface area contributed by atoms with Crippen LogP contribution >= 0.6 is 0 Å². The van der Waals surface area contributed by atoms with Crippen molar-refractivity contribution in [3.8, 4) is 22.9 Å². The van der Waals surface area contributed by atoms with Crippen LogP contribution in [0.5, 0.6) is 11.5 Å². The van der Waals surface area contributed by atoms with Gasteiger partial charge in [0.2, 0.25) is 0 Å². The van der Waals surface area contributed by atoms with Crippen LogP contribution in [-0.2, 0) is 10.1 Å². The maximum Gasteiger partial charge on any atom is 1.00 e. The summed E-state index contributed by atoms with van der Waals surface area (Å²) in [4.78, 5) is 10.1. The van der Waals surface area contributed by atoms with E-state index in [2.05, 4.69) is 9.97 Å². The van der Waals surface area contributed by atoms with Gasteiger partial charge < -0.3 is 14.2 Å². The Morgan fingerprint density at radius 1 is 1.04 bits per heavy atom. The number of aromatic nitrogens is 2. The predicted molar refractivity (Wildman–Crippen MR) is 99.9 cm³/mol. The number of ether oxygens (including phenoxy) is 1. The standard InChI is InChI=1S/C19H17N3O4S.Na/c1-2-17(27(23,24)25)22-14-8-3-4-9-15(14)26-16-10-5-7-13(18(16)22)19-20-11-6-12-21-19;/h3-12,17H,2H2,1H3,(H,23,24,25);/q;+1/p-1. The zero-order valence-corrected chi connectivity index (χ0v) is 18.3. The van der Waals surface area contributed by atoms with Crippen LogP contribution in [0.1, 0.15) is 13.3 Å². The van der Waals surface area contributed by atoms with Crippen molar-refractivity contribution < 1.29 is 47.3 Å². The van der Waals surface area contributed by atoms with Crippen LogP contribution in [0.2, 0.25) is 0 Å². The van der Waals surface area contributed by atoms with Gasteiger partial charge in [0.05, 0.1) is 11.4 Å². The van der Waals surface area contributed by atoms with Crippen LogP contribution in [0.25, 0.3) is 11.4 Å². The maximum atomic E-state index is 12.1. The minimum absolute atomic E-state index is 0. The van der Waals surface area contributed by atoms with Crippen LogP contribution in [-0.4, -0.2) is 28.3 Å². The Hall–Kier alpha value is -1.97. The second-order valence-electron chi connectivity index (χ2n) is 6.02. The van der Waals surface area contributed by atoms with E-state index < -0.39 is 15.5 Å². The Bertz CT molecular complexity index is 1090. The number of nitrogens with zero attached hydrogens (tertiary/aromatic N) is 3. The van der Waals surface area contributed by atoms with Crippen molar-refractivity contribution in [2.45, 2.75) is 18.7 Å². The molecule has 7 nitrogen and oxygen atoms in total. The Kier molecular flexibility index (Phi) is 6.07. The number of para-hydroxylation sites is 3. The van der Waals surface area contributed by atoms with Gasteiger partial charge in [-0.25, -0.2) is 18.4 Å². The predicted octanol–water partition coefficient (Wildman–Crippen LogP) is 0.673. The molecule has 0 spiro atoms. The van der Waals surface area contributed by atoms with E-state index in [1.54, 1.807) is 67.8 Å². The van der Waals surface area contributed by atoms with Crippen LogP contribution in [0.4, 0.5) is 11.4 Å². The summed E-state index contributed by atoms with van der Waals surface area (Å²) in [6, 6.07) is 14.0. The van der Waals surface area contributed by atoms with Crippen molar-refractivity contribution in [1.82, 2.24) is 9.97 Å². The van der Waals surface area contributed by atoms with Crippen molar-refractivity contribution >= 4 is 21.5 Å². The molecule has 2 heterocycles. The zero-order valence-electron chi connectivity index (χ0n) is 15.4. The normalized spacial score (nSPS) is 13.6. The fourth-order valence-electron chi connectivity index (χ4n) is 3.27. The van der Waals surface area contributed by atoms with Gasteiger partial charge in [-0.05, 0) is 36.8 Å². The Balaban J connectivity index is 0.00000225. The molecule has 28 heavy (non-hydrogen) atoms. The maximum absolute atomic E-state index is 12.1. The second-order valence-corrected chi connectivity index (χ2v) is 7.55. The first-order chi connectivity index (χ1) is 13.0. The third kappa shape index (κ3) is 3.66. The van der Waals surface area contributed by atoms with Gasteiger partial charge >= 0.3 is 29.6 Å². The van der Waals surface area contributed by atoms with Gasteiger partial charge in [-0.2, -0.15) is 0 Å². The molecule has 3 aromatic rings. The summed E-state index contributed by atoms with van der Waals surface area (Å²) >= 11 is 0. The van der Waals surface area contributed by atoms with Crippen LogP contribution in [0.3, 0.4) is 0 Å². The van der Waals surface area contributed by atoms with Crippen molar-refractivity contribution in [3.05, 3.63) is 60.9 Å². The zero-order chi connectivity index (χ0) is 19.0. The molecular weight excluding hydrogens is 389 g/mol. The van der Waals surface area contributed by atoms with Crippen LogP contribution in [0.15, 0.2) is 60.9 Å². The molecule has 1 atom stereocenters. The van der Waals surface area contributed by atoms with Gasteiger partial charge in [-0.3, -0.25) is 0 Å². The van der Waals surface area contributed by atoms with E-state index in [0.717, 1.165) is 0 Å². The van der Waals surface area contributed by atoms with Gasteiger partial charge in [0.25, 0.3) is 0 Å². The molecule has 9 heteroatoms. The molecule has 0 aliphatic carbocycles. The molecular formula is C19H16N3NaO4S. The SMILES string of the molecule is CCC(N1c2ccccc2Oc2cccc(-c3ncccn3)c21)S(=O)(=O)[O-].[Na+]. The molecule has 0 saturated heterocycles. The molecule has 0 saturated carbocycles. The van der Waals surface area contributed by atoms with Gasteiger partial charge in [0, 0.05) is 18.0 Å². The van der Waals surface area contributed by atoms with Gasteiger partial charge in [-0.15, -0.1) is 0 Å². The van der Waals surface area contributed by atoms with Crippen molar-refractivity contribution in [1.29, 1.82) is 0 Å². The van der Waals surface area contributed by atoms with Gasteiger partial charge in [0.15, 0.2) is 17.3 Å². The third-order valence-electron chi connectivity index (χ3n) is 4.36. The Morgan fingerprint density at radius 3 is 2.39 bits per heavy atom. The number of fused-ring (bicyclic) bond motifs is 2. The van der Waals surface area contributed by atoms with Crippen LogP contribution < -0.4 is 39.2 Å². The first-order valence-electron chi connectivity index (χ1n) is 8.42. The van der Waals surface area contributed by atoms with Crippen LogP contribution in [0, 0.1) is 0 Å². The Morgan fingerprint density at radius 2 is 1.71 bits per heavy atom. The molecule has 1 unspecified atom stereocenters. The summed E-state index contributed by atoms with van der Waals surface area (Å²) in [6.45, 7) is 1.67. The summed E-state index contributed by atoms with van der Waals surface area (Å²) in [5, 5.41) is -1.29. The first kappa shape index (κ1) is 20.8. The first-order valence-corrected chi connectivity index (χ1v) is 9.89. The van der Waals surface area contributed by atoms with E-state index in [9.17, 15) is 13.0 Å². The molecule has 0 amide bonds. The third-order valence-corrected chi connectivity index (χ3v) is 5.57. The summed E-state index contributed by atoms with van der Waals surface area (Å²) in [5.74, 6) is 1.35. The minimum Gasteiger partial charge on any atom is -0.746 e. The number of hydrogen-bond acceptors (Lipinski definition) is 7. The molecule has 0 bridgehead atoms. The molecule has 0 radical (unpaired) electrons. The largest absolute Gasteiger partial charge is 1.00 e. The quantitative estimate of drug-likeness (QED) is 0.465. The van der Waals surface area contributed by atoms with E-state index in [1.165, 1.54) is 4.90 Å². The van der Waals surface area contributed by atoms with Gasteiger partial charge in [-0.1, -0.05) is 25.1 Å². The fraction of sp³-hybridized carbons (Fsp3) is 0.158. The minimum atomic E-state index is -4.62. The fourth-order valence-corrected chi connectivity index (χ4v) is 4.15. The monoisotopic (exact) mass is 405 g/mol. The number of benzene rings is 2. The average molecular weight is 405 g/mol. The molecule has 1 aliphatic heterocycles. The van der Waals surface area contributed by atoms with E-state index in [1.807, 2.05) is 0 Å².